The van der Waals surface area contributed by atoms with Gasteiger partial charge >= 0.3 is 6.03 Å². The van der Waals surface area contributed by atoms with E-state index < -0.39 is 11.6 Å². The molecule has 1 aromatic heterocycles. The van der Waals surface area contributed by atoms with Gasteiger partial charge in [0.15, 0.2) is 0 Å². The van der Waals surface area contributed by atoms with Crippen molar-refractivity contribution in [3.8, 4) is 0 Å². The molecule has 0 saturated carbocycles. The molecule has 1 saturated heterocycles. The lowest BCUT2D eigenvalue weighted by Gasteiger charge is -2.34. The average molecular weight is 404 g/mol. The van der Waals surface area contributed by atoms with Crippen LogP contribution in [0, 0.1) is 11.6 Å². The summed E-state index contributed by atoms with van der Waals surface area (Å²) in [6, 6.07) is 5.23. The van der Waals surface area contributed by atoms with Crippen molar-refractivity contribution in [1.82, 2.24) is 25.5 Å². The maximum atomic E-state index is 13.5. The number of benzene rings is 1. The zero-order valence-electron chi connectivity index (χ0n) is 16.3. The summed E-state index contributed by atoms with van der Waals surface area (Å²) < 4.78 is 27.1. The second-order valence-corrected chi connectivity index (χ2v) is 6.86. The monoisotopic (exact) mass is 404 g/mol. The quantitative estimate of drug-likeness (QED) is 0.657. The highest BCUT2D eigenvalue weighted by Gasteiger charge is 2.18. The predicted octanol–water partition coefficient (Wildman–Crippen LogP) is 1.81. The van der Waals surface area contributed by atoms with Crippen LogP contribution < -0.4 is 15.5 Å². The molecule has 0 unspecified atom stereocenters. The Morgan fingerprint density at radius 1 is 0.966 bits per heavy atom. The second-order valence-electron chi connectivity index (χ2n) is 6.86. The third-order valence-electron chi connectivity index (χ3n) is 4.87. The van der Waals surface area contributed by atoms with Crippen LogP contribution in [-0.4, -0.2) is 66.7 Å². The van der Waals surface area contributed by atoms with E-state index in [0.717, 1.165) is 45.1 Å². The summed E-state index contributed by atoms with van der Waals surface area (Å²) in [5.74, 6) is -0.419. The van der Waals surface area contributed by atoms with E-state index in [9.17, 15) is 13.6 Å². The fourth-order valence-corrected chi connectivity index (χ4v) is 3.27. The molecule has 156 valence electrons. The van der Waals surface area contributed by atoms with Gasteiger partial charge in [-0.25, -0.2) is 23.5 Å². The minimum atomic E-state index is -0.592. The zero-order valence-corrected chi connectivity index (χ0v) is 16.3. The lowest BCUT2D eigenvalue weighted by Crippen LogP contribution is -2.47. The molecule has 3 rings (SSSR count). The largest absolute Gasteiger partial charge is 0.338 e. The molecule has 0 spiro atoms. The Morgan fingerprint density at radius 2 is 1.62 bits per heavy atom. The number of urea groups is 1. The standard InChI is InChI=1S/C20H26F2N6O/c21-17-4-1-5-18(22)16(17)6-10-26-20(29)25-9-3-11-27-12-14-28(15-13-27)19-23-7-2-8-24-19/h1-2,4-5,7-8H,3,6,9-15H2,(H2,25,26,29). The van der Waals surface area contributed by atoms with Gasteiger partial charge in [0.25, 0.3) is 0 Å². The SMILES string of the molecule is O=C(NCCCN1CCN(c2ncccn2)CC1)NCCc1c(F)cccc1F. The van der Waals surface area contributed by atoms with Crippen LogP contribution in [0.25, 0.3) is 0 Å². The first-order chi connectivity index (χ1) is 14.1. The number of hydrogen-bond donors (Lipinski definition) is 2. The molecule has 9 heteroatoms. The van der Waals surface area contributed by atoms with Crippen molar-refractivity contribution in [2.24, 2.45) is 0 Å². The number of carbonyl (C=O) groups is 1. The number of aromatic nitrogens is 2. The number of piperazine rings is 1. The van der Waals surface area contributed by atoms with Crippen LogP contribution in [0.1, 0.15) is 12.0 Å². The van der Waals surface area contributed by atoms with Crippen LogP contribution in [0.15, 0.2) is 36.7 Å². The summed E-state index contributed by atoms with van der Waals surface area (Å²) in [5.41, 5.74) is -0.00662. The molecular formula is C20H26F2N6O. The number of nitrogens with one attached hydrogen (secondary N) is 2. The van der Waals surface area contributed by atoms with E-state index in [4.69, 9.17) is 0 Å². The molecule has 0 radical (unpaired) electrons. The molecule has 2 N–H and O–H groups in total. The van der Waals surface area contributed by atoms with Crippen molar-refractivity contribution in [3.63, 3.8) is 0 Å². The first kappa shape index (κ1) is 20.9. The van der Waals surface area contributed by atoms with E-state index in [2.05, 4.69) is 30.4 Å². The lowest BCUT2D eigenvalue weighted by atomic mass is 10.1. The smallest absolute Gasteiger partial charge is 0.314 e. The maximum Gasteiger partial charge on any atom is 0.314 e. The van der Waals surface area contributed by atoms with Gasteiger partial charge in [0.1, 0.15) is 11.6 Å². The maximum absolute atomic E-state index is 13.5. The molecule has 7 nitrogen and oxygen atoms in total. The van der Waals surface area contributed by atoms with Crippen LogP contribution in [0.3, 0.4) is 0 Å². The normalized spacial score (nSPS) is 14.6. The van der Waals surface area contributed by atoms with E-state index in [1.165, 1.54) is 18.2 Å². The van der Waals surface area contributed by atoms with Crippen molar-refractivity contribution < 1.29 is 13.6 Å². The van der Waals surface area contributed by atoms with E-state index in [0.29, 0.717) is 6.54 Å². The van der Waals surface area contributed by atoms with Gasteiger partial charge < -0.3 is 15.5 Å². The van der Waals surface area contributed by atoms with Crippen molar-refractivity contribution in [3.05, 3.63) is 53.9 Å². The third kappa shape index (κ3) is 6.35. The van der Waals surface area contributed by atoms with Gasteiger partial charge in [-0.2, -0.15) is 0 Å². The summed E-state index contributed by atoms with van der Waals surface area (Å²) in [7, 11) is 0. The summed E-state index contributed by atoms with van der Waals surface area (Å²) in [6.45, 7) is 5.23. The lowest BCUT2D eigenvalue weighted by molar-refractivity contribution is 0.236. The number of nitrogens with zero attached hydrogens (tertiary/aromatic N) is 4. The molecule has 1 aliphatic rings. The summed E-state index contributed by atoms with van der Waals surface area (Å²) in [5, 5.41) is 5.41. The fraction of sp³-hybridized carbons (Fsp3) is 0.450. The molecule has 0 aliphatic carbocycles. The summed E-state index contributed by atoms with van der Waals surface area (Å²) in [6.07, 6.45) is 4.44. The van der Waals surface area contributed by atoms with Gasteiger partial charge in [-0.3, -0.25) is 4.90 Å². The molecule has 2 aromatic rings. The molecule has 0 bridgehead atoms. The van der Waals surface area contributed by atoms with Crippen molar-refractivity contribution in [2.45, 2.75) is 12.8 Å². The molecule has 1 fully saturated rings. The van der Waals surface area contributed by atoms with Gasteiger partial charge in [-0.1, -0.05) is 6.07 Å². The summed E-state index contributed by atoms with van der Waals surface area (Å²) in [4.78, 5) is 24.9. The Morgan fingerprint density at radius 3 is 2.31 bits per heavy atom. The highest BCUT2D eigenvalue weighted by Crippen LogP contribution is 2.12. The van der Waals surface area contributed by atoms with Crippen LogP contribution in [0.2, 0.25) is 0 Å². The van der Waals surface area contributed by atoms with Crippen molar-refractivity contribution >= 4 is 12.0 Å². The highest BCUT2D eigenvalue weighted by atomic mass is 19.1. The van der Waals surface area contributed by atoms with Crippen LogP contribution in [0.5, 0.6) is 0 Å². The number of rotatable bonds is 8. The molecule has 1 aliphatic heterocycles. The van der Waals surface area contributed by atoms with Gasteiger partial charge in [0.05, 0.1) is 0 Å². The molecule has 2 amide bonds. The third-order valence-corrected chi connectivity index (χ3v) is 4.87. The van der Waals surface area contributed by atoms with Gasteiger partial charge in [-0.15, -0.1) is 0 Å². The van der Waals surface area contributed by atoms with E-state index in [1.807, 2.05) is 0 Å². The van der Waals surface area contributed by atoms with E-state index >= 15 is 0 Å². The zero-order chi connectivity index (χ0) is 20.5. The highest BCUT2D eigenvalue weighted by molar-refractivity contribution is 5.73. The van der Waals surface area contributed by atoms with E-state index in [-0.39, 0.29) is 24.6 Å². The molecule has 2 heterocycles. The summed E-state index contributed by atoms with van der Waals surface area (Å²) >= 11 is 0. The first-order valence-electron chi connectivity index (χ1n) is 9.82. The van der Waals surface area contributed by atoms with Gasteiger partial charge in [0.2, 0.25) is 5.95 Å². The molecule has 0 atom stereocenters. The second kappa shape index (κ2) is 10.7. The number of carbonyl (C=O) groups excluding carboxylic acids is 1. The Labute approximate surface area is 169 Å². The Hall–Kier alpha value is -2.81. The number of amides is 2. The Balaban J connectivity index is 1.26. The molecule has 1 aromatic carbocycles. The van der Waals surface area contributed by atoms with E-state index in [1.54, 1.807) is 18.5 Å². The topological polar surface area (TPSA) is 73.4 Å². The minimum absolute atomic E-state index is 0.00662. The minimum Gasteiger partial charge on any atom is -0.338 e. The first-order valence-corrected chi connectivity index (χ1v) is 9.82. The Kier molecular flexibility index (Phi) is 7.69. The van der Waals surface area contributed by atoms with Crippen molar-refractivity contribution in [2.75, 3.05) is 50.7 Å². The Bertz CT molecular complexity index is 764. The van der Waals surface area contributed by atoms with Crippen molar-refractivity contribution in [1.29, 1.82) is 0 Å². The van der Waals surface area contributed by atoms with Crippen LogP contribution >= 0.6 is 0 Å². The van der Waals surface area contributed by atoms with Gasteiger partial charge in [0, 0.05) is 57.2 Å². The molecule has 29 heavy (non-hydrogen) atoms. The number of hydrogen-bond acceptors (Lipinski definition) is 5. The fourth-order valence-electron chi connectivity index (χ4n) is 3.27. The van der Waals surface area contributed by atoms with Gasteiger partial charge in [-0.05, 0) is 37.6 Å². The predicted molar refractivity (Wildman–Crippen MR) is 107 cm³/mol. The van der Waals surface area contributed by atoms with Crippen LogP contribution in [-0.2, 0) is 6.42 Å². The average Bonchev–Trinajstić information content (AvgIpc) is 2.74. The molecular weight excluding hydrogens is 378 g/mol. The number of anilines is 1. The number of halogens is 2. The van der Waals surface area contributed by atoms with Crippen LogP contribution in [0.4, 0.5) is 19.5 Å².